The molecular formula is C22H28N2O3S. The Hall–Kier alpha value is -2.31. The first kappa shape index (κ1) is 20.4. The monoisotopic (exact) mass is 400 g/mol. The number of rotatable bonds is 8. The van der Waals surface area contributed by atoms with E-state index in [4.69, 9.17) is 26.4 Å². The van der Waals surface area contributed by atoms with Crippen molar-refractivity contribution >= 4 is 23.0 Å². The number of benzene rings is 2. The van der Waals surface area contributed by atoms with E-state index in [0.29, 0.717) is 18.3 Å². The lowest BCUT2D eigenvalue weighted by Crippen LogP contribution is -2.39. The Morgan fingerprint density at radius 3 is 2.68 bits per heavy atom. The first-order valence-electron chi connectivity index (χ1n) is 9.72. The quantitative estimate of drug-likeness (QED) is 0.660. The molecule has 1 aliphatic rings. The molecule has 1 aliphatic heterocycles. The predicted molar refractivity (Wildman–Crippen MR) is 116 cm³/mol. The van der Waals surface area contributed by atoms with E-state index in [1.54, 1.807) is 7.11 Å². The van der Waals surface area contributed by atoms with Crippen LogP contribution in [0.15, 0.2) is 48.5 Å². The summed E-state index contributed by atoms with van der Waals surface area (Å²) in [4.78, 5) is 2.16. The van der Waals surface area contributed by atoms with Gasteiger partial charge in [-0.15, -0.1) is 0 Å². The Morgan fingerprint density at radius 1 is 1.21 bits per heavy atom. The topological polar surface area (TPSA) is 43.0 Å². The molecule has 1 N–H and O–H groups in total. The fraction of sp³-hybridized carbons (Fsp3) is 0.409. The van der Waals surface area contributed by atoms with Gasteiger partial charge in [-0.2, -0.15) is 0 Å². The lowest BCUT2D eigenvalue weighted by Gasteiger charge is -2.29. The van der Waals surface area contributed by atoms with Crippen LogP contribution in [0.3, 0.4) is 0 Å². The van der Waals surface area contributed by atoms with E-state index < -0.39 is 0 Å². The van der Waals surface area contributed by atoms with E-state index in [2.05, 4.69) is 16.3 Å². The maximum Gasteiger partial charge on any atom is 0.173 e. The van der Waals surface area contributed by atoms with Crippen molar-refractivity contribution in [2.24, 2.45) is 0 Å². The normalized spacial score (nSPS) is 15.9. The van der Waals surface area contributed by atoms with Crippen molar-refractivity contribution in [2.45, 2.75) is 32.4 Å². The van der Waals surface area contributed by atoms with Crippen LogP contribution in [0.25, 0.3) is 0 Å². The summed E-state index contributed by atoms with van der Waals surface area (Å²) in [5.74, 6) is 1.72. The van der Waals surface area contributed by atoms with Crippen molar-refractivity contribution in [1.82, 2.24) is 4.90 Å². The van der Waals surface area contributed by atoms with Gasteiger partial charge in [0.25, 0.3) is 0 Å². The smallest absolute Gasteiger partial charge is 0.173 e. The Labute approximate surface area is 172 Å². The number of hydrogen-bond donors (Lipinski definition) is 1. The van der Waals surface area contributed by atoms with Crippen molar-refractivity contribution in [3.05, 3.63) is 54.1 Å². The molecule has 0 radical (unpaired) electrons. The molecule has 0 bridgehead atoms. The van der Waals surface area contributed by atoms with Crippen LogP contribution in [-0.4, -0.2) is 43.0 Å². The highest BCUT2D eigenvalue weighted by Gasteiger charge is 2.22. The minimum atomic E-state index is 0.204. The van der Waals surface area contributed by atoms with Crippen LogP contribution in [0.4, 0.5) is 5.69 Å². The Bertz CT molecular complexity index is 761. The van der Waals surface area contributed by atoms with Crippen LogP contribution in [0, 0.1) is 0 Å². The molecule has 1 heterocycles. The van der Waals surface area contributed by atoms with E-state index in [9.17, 15) is 0 Å². The number of para-hydroxylation sites is 1. The fourth-order valence-corrected chi connectivity index (χ4v) is 3.52. The molecule has 0 saturated carbocycles. The summed E-state index contributed by atoms with van der Waals surface area (Å²) in [6, 6.07) is 15.9. The number of ether oxygens (including phenoxy) is 3. The molecule has 150 valence electrons. The standard InChI is InChI=1S/C22H28N2O3S/c1-3-26-21-9-5-4-7-17(21)15-24(16-20-8-6-14-27-20)22(28)23-18-10-12-19(25-2)13-11-18/h4-5,7,9-13,20H,3,6,8,14-16H2,1-2H3,(H,23,28). The minimum absolute atomic E-state index is 0.204. The van der Waals surface area contributed by atoms with E-state index in [1.807, 2.05) is 49.4 Å². The number of thiocarbonyl (C=S) groups is 1. The molecule has 2 aromatic carbocycles. The molecule has 5 nitrogen and oxygen atoms in total. The lowest BCUT2D eigenvalue weighted by molar-refractivity contribution is 0.0903. The number of nitrogens with zero attached hydrogens (tertiary/aromatic N) is 1. The first-order valence-corrected chi connectivity index (χ1v) is 10.1. The summed E-state index contributed by atoms with van der Waals surface area (Å²) >= 11 is 5.75. The zero-order chi connectivity index (χ0) is 19.8. The fourth-order valence-electron chi connectivity index (χ4n) is 3.27. The van der Waals surface area contributed by atoms with E-state index >= 15 is 0 Å². The summed E-state index contributed by atoms with van der Waals surface area (Å²) in [5.41, 5.74) is 2.04. The van der Waals surface area contributed by atoms with Gasteiger partial charge in [-0.3, -0.25) is 0 Å². The molecule has 0 spiro atoms. The summed E-state index contributed by atoms with van der Waals surface area (Å²) in [5, 5.41) is 4.02. The van der Waals surface area contributed by atoms with Crippen LogP contribution < -0.4 is 14.8 Å². The molecule has 28 heavy (non-hydrogen) atoms. The highest BCUT2D eigenvalue weighted by molar-refractivity contribution is 7.80. The van der Waals surface area contributed by atoms with E-state index in [0.717, 1.165) is 48.7 Å². The molecule has 1 unspecified atom stereocenters. The van der Waals surface area contributed by atoms with Crippen molar-refractivity contribution < 1.29 is 14.2 Å². The Morgan fingerprint density at radius 2 is 2.00 bits per heavy atom. The zero-order valence-corrected chi connectivity index (χ0v) is 17.3. The number of methoxy groups -OCH3 is 1. The van der Waals surface area contributed by atoms with Gasteiger partial charge in [0.2, 0.25) is 0 Å². The molecular weight excluding hydrogens is 372 g/mol. The molecule has 1 fully saturated rings. The second-order valence-corrected chi connectivity index (χ2v) is 7.10. The van der Waals surface area contributed by atoms with Crippen LogP contribution in [-0.2, 0) is 11.3 Å². The van der Waals surface area contributed by atoms with Crippen LogP contribution in [0.1, 0.15) is 25.3 Å². The largest absolute Gasteiger partial charge is 0.497 e. The maximum atomic E-state index is 5.85. The summed E-state index contributed by atoms with van der Waals surface area (Å²) in [6.45, 7) is 4.88. The number of anilines is 1. The average molecular weight is 401 g/mol. The number of hydrogen-bond acceptors (Lipinski definition) is 4. The molecule has 1 atom stereocenters. The Kier molecular flexibility index (Phi) is 7.51. The van der Waals surface area contributed by atoms with Gasteiger partial charge in [0.05, 0.1) is 19.8 Å². The first-order chi connectivity index (χ1) is 13.7. The van der Waals surface area contributed by atoms with E-state index in [1.165, 1.54) is 0 Å². The predicted octanol–water partition coefficient (Wildman–Crippen LogP) is 4.47. The molecule has 0 aliphatic carbocycles. The molecule has 0 aromatic heterocycles. The van der Waals surface area contributed by atoms with Crippen molar-refractivity contribution in [1.29, 1.82) is 0 Å². The Balaban J connectivity index is 1.74. The van der Waals surface area contributed by atoms with Gasteiger partial charge >= 0.3 is 0 Å². The van der Waals surface area contributed by atoms with Crippen LogP contribution in [0.5, 0.6) is 11.5 Å². The van der Waals surface area contributed by atoms with Crippen molar-refractivity contribution in [3.63, 3.8) is 0 Å². The molecule has 1 saturated heterocycles. The third-order valence-electron chi connectivity index (χ3n) is 4.71. The molecule has 6 heteroatoms. The van der Waals surface area contributed by atoms with Gasteiger partial charge in [0, 0.05) is 30.9 Å². The van der Waals surface area contributed by atoms with E-state index in [-0.39, 0.29) is 6.10 Å². The minimum Gasteiger partial charge on any atom is -0.497 e. The summed E-state index contributed by atoms with van der Waals surface area (Å²) < 4.78 is 16.9. The molecule has 0 amide bonds. The van der Waals surface area contributed by atoms with Crippen LogP contribution >= 0.6 is 12.2 Å². The average Bonchev–Trinajstić information content (AvgIpc) is 3.23. The van der Waals surface area contributed by atoms with Crippen molar-refractivity contribution in [2.75, 3.05) is 32.2 Å². The highest BCUT2D eigenvalue weighted by atomic mass is 32.1. The van der Waals surface area contributed by atoms with Gasteiger partial charge in [-0.1, -0.05) is 18.2 Å². The molecule has 3 rings (SSSR count). The van der Waals surface area contributed by atoms with Gasteiger partial charge in [0.1, 0.15) is 11.5 Å². The lowest BCUT2D eigenvalue weighted by atomic mass is 10.1. The van der Waals surface area contributed by atoms with Gasteiger partial charge in [-0.25, -0.2) is 0 Å². The van der Waals surface area contributed by atoms with Crippen LogP contribution in [0.2, 0.25) is 0 Å². The summed E-state index contributed by atoms with van der Waals surface area (Å²) in [6.07, 6.45) is 2.37. The zero-order valence-electron chi connectivity index (χ0n) is 16.5. The van der Waals surface area contributed by atoms with Gasteiger partial charge < -0.3 is 24.4 Å². The van der Waals surface area contributed by atoms with Gasteiger partial charge in [-0.05, 0) is 62.3 Å². The maximum absolute atomic E-state index is 5.85. The third kappa shape index (κ3) is 5.59. The third-order valence-corrected chi connectivity index (χ3v) is 5.07. The highest BCUT2D eigenvalue weighted by Crippen LogP contribution is 2.23. The molecule has 2 aromatic rings. The SMILES string of the molecule is CCOc1ccccc1CN(CC1CCCO1)C(=S)Nc1ccc(OC)cc1. The van der Waals surface area contributed by atoms with Crippen molar-refractivity contribution in [3.8, 4) is 11.5 Å². The summed E-state index contributed by atoms with van der Waals surface area (Å²) in [7, 11) is 1.66. The van der Waals surface area contributed by atoms with Gasteiger partial charge in [0.15, 0.2) is 5.11 Å². The second-order valence-electron chi connectivity index (χ2n) is 6.71. The second kappa shape index (κ2) is 10.3. The number of nitrogens with one attached hydrogen (secondary N) is 1.